The van der Waals surface area contributed by atoms with Crippen LogP contribution in [0.1, 0.15) is 40.0 Å². The molecule has 0 saturated heterocycles. The van der Waals surface area contributed by atoms with Crippen LogP contribution < -0.4 is 0 Å². The van der Waals surface area contributed by atoms with E-state index in [9.17, 15) is 4.79 Å². The van der Waals surface area contributed by atoms with Gasteiger partial charge in [-0.25, -0.2) is 0 Å². The highest BCUT2D eigenvalue weighted by Gasteiger charge is 2.40. The first-order valence-corrected chi connectivity index (χ1v) is 4.68. The summed E-state index contributed by atoms with van der Waals surface area (Å²) in [4.78, 5) is 10.8. The summed E-state index contributed by atoms with van der Waals surface area (Å²) < 4.78 is 0. The minimum atomic E-state index is -0.644. The maximum atomic E-state index is 10.8. The Balaban J connectivity index is 2.68. The molecule has 2 nitrogen and oxygen atoms in total. The van der Waals surface area contributed by atoms with Crippen LogP contribution in [-0.4, -0.2) is 11.1 Å². The Hall–Kier alpha value is -0.530. The van der Waals surface area contributed by atoms with Crippen molar-refractivity contribution in [1.82, 2.24) is 0 Å². The molecule has 1 fully saturated rings. The molecule has 0 amide bonds. The average Bonchev–Trinajstić information content (AvgIpc) is 2.27. The van der Waals surface area contributed by atoms with Crippen LogP contribution in [0, 0.1) is 17.3 Å². The van der Waals surface area contributed by atoms with Gasteiger partial charge in [-0.2, -0.15) is 0 Å². The van der Waals surface area contributed by atoms with E-state index in [0.717, 1.165) is 6.42 Å². The van der Waals surface area contributed by atoms with Crippen LogP contribution in [-0.2, 0) is 4.79 Å². The number of carboxylic acids is 1. The number of hydrogen-bond donors (Lipinski definition) is 1. The van der Waals surface area contributed by atoms with Crippen molar-refractivity contribution in [3.05, 3.63) is 0 Å². The van der Waals surface area contributed by atoms with Crippen LogP contribution >= 0.6 is 0 Å². The number of carbonyl (C=O) groups is 1. The van der Waals surface area contributed by atoms with Crippen LogP contribution in [0.5, 0.6) is 0 Å². The van der Waals surface area contributed by atoms with Crippen molar-refractivity contribution < 1.29 is 9.90 Å². The summed E-state index contributed by atoms with van der Waals surface area (Å²) in [6, 6.07) is 0. The van der Waals surface area contributed by atoms with Gasteiger partial charge in [0.25, 0.3) is 0 Å². The lowest BCUT2D eigenvalue weighted by Crippen LogP contribution is -2.28. The summed E-state index contributed by atoms with van der Waals surface area (Å²) in [6.45, 7) is 6.20. The molecule has 2 atom stereocenters. The number of hydrogen-bond acceptors (Lipinski definition) is 1. The van der Waals surface area contributed by atoms with Gasteiger partial charge < -0.3 is 5.11 Å². The molecule has 0 aromatic rings. The molecule has 0 aromatic carbocycles. The second kappa shape index (κ2) is 3.08. The molecule has 1 saturated carbocycles. The normalized spacial score (nSPS) is 30.1. The van der Waals surface area contributed by atoms with Gasteiger partial charge in [-0.3, -0.25) is 4.79 Å². The second-order valence-electron chi connectivity index (χ2n) is 4.61. The van der Waals surface area contributed by atoms with Crippen molar-refractivity contribution in [2.75, 3.05) is 0 Å². The average molecular weight is 170 g/mol. The van der Waals surface area contributed by atoms with Gasteiger partial charge in [0.05, 0.1) is 5.92 Å². The molecule has 2 unspecified atom stereocenters. The summed E-state index contributed by atoms with van der Waals surface area (Å²) in [5.74, 6) is -0.451. The molecule has 0 radical (unpaired) electrons. The smallest absolute Gasteiger partial charge is 0.306 e. The third-order valence-electron chi connectivity index (χ3n) is 3.33. The van der Waals surface area contributed by atoms with Crippen molar-refractivity contribution in [2.24, 2.45) is 17.3 Å². The summed E-state index contributed by atoms with van der Waals surface area (Å²) in [5, 5.41) is 8.87. The van der Waals surface area contributed by atoms with Crippen LogP contribution in [0.4, 0.5) is 0 Å². The van der Waals surface area contributed by atoms with Crippen LogP contribution in [0.2, 0.25) is 0 Å². The van der Waals surface area contributed by atoms with Gasteiger partial charge >= 0.3 is 5.97 Å². The van der Waals surface area contributed by atoms with Crippen molar-refractivity contribution in [3.8, 4) is 0 Å². The van der Waals surface area contributed by atoms with Crippen LogP contribution in [0.15, 0.2) is 0 Å². The maximum Gasteiger partial charge on any atom is 0.306 e. The molecule has 0 spiro atoms. The summed E-state index contributed by atoms with van der Waals surface area (Å²) >= 11 is 0. The molecule has 1 rings (SSSR count). The van der Waals surface area contributed by atoms with Crippen molar-refractivity contribution in [2.45, 2.75) is 40.0 Å². The van der Waals surface area contributed by atoms with Crippen LogP contribution in [0.3, 0.4) is 0 Å². The first-order chi connectivity index (χ1) is 5.45. The second-order valence-corrected chi connectivity index (χ2v) is 4.61. The van der Waals surface area contributed by atoms with Gasteiger partial charge in [-0.1, -0.05) is 27.2 Å². The van der Waals surface area contributed by atoms with Crippen LogP contribution in [0.25, 0.3) is 0 Å². The monoisotopic (exact) mass is 170 g/mol. The van der Waals surface area contributed by atoms with Gasteiger partial charge in [-0.05, 0) is 24.2 Å². The molecule has 1 aliphatic carbocycles. The van der Waals surface area contributed by atoms with E-state index in [-0.39, 0.29) is 11.3 Å². The fourth-order valence-electron chi connectivity index (χ4n) is 2.45. The number of rotatable bonds is 2. The Bertz CT molecular complexity index is 184. The minimum Gasteiger partial charge on any atom is -0.481 e. The summed E-state index contributed by atoms with van der Waals surface area (Å²) in [6.07, 6.45) is 3.45. The zero-order valence-electron chi connectivity index (χ0n) is 8.13. The van der Waals surface area contributed by atoms with Gasteiger partial charge in [0.2, 0.25) is 0 Å². The highest BCUT2D eigenvalue weighted by atomic mass is 16.4. The van der Waals surface area contributed by atoms with Crippen molar-refractivity contribution >= 4 is 5.97 Å². The van der Waals surface area contributed by atoms with Gasteiger partial charge in [0, 0.05) is 0 Å². The third-order valence-corrected chi connectivity index (χ3v) is 3.33. The topological polar surface area (TPSA) is 37.3 Å². The predicted octanol–water partition coefficient (Wildman–Crippen LogP) is 2.53. The third kappa shape index (κ3) is 1.62. The quantitative estimate of drug-likeness (QED) is 0.691. The minimum absolute atomic E-state index is 0.178. The Morgan fingerprint density at radius 1 is 1.58 bits per heavy atom. The largest absolute Gasteiger partial charge is 0.481 e. The molecule has 2 heteroatoms. The van der Waals surface area contributed by atoms with Gasteiger partial charge in [0.1, 0.15) is 0 Å². The van der Waals surface area contributed by atoms with E-state index < -0.39 is 5.97 Å². The van der Waals surface area contributed by atoms with E-state index in [2.05, 4.69) is 13.8 Å². The molecule has 0 bridgehead atoms. The van der Waals surface area contributed by atoms with Gasteiger partial charge in [-0.15, -0.1) is 0 Å². The first-order valence-electron chi connectivity index (χ1n) is 4.68. The van der Waals surface area contributed by atoms with E-state index in [1.54, 1.807) is 0 Å². The molecule has 1 aliphatic rings. The zero-order valence-corrected chi connectivity index (χ0v) is 8.13. The lowest BCUT2D eigenvalue weighted by Gasteiger charge is -2.29. The van der Waals surface area contributed by atoms with Crippen molar-refractivity contribution in [3.63, 3.8) is 0 Å². The summed E-state index contributed by atoms with van der Waals surface area (Å²) in [5.41, 5.74) is 0.234. The summed E-state index contributed by atoms with van der Waals surface area (Å²) in [7, 11) is 0. The lowest BCUT2D eigenvalue weighted by molar-refractivity contribution is -0.144. The van der Waals surface area contributed by atoms with E-state index in [4.69, 9.17) is 5.11 Å². The molecule has 0 heterocycles. The maximum absolute atomic E-state index is 10.8. The fraction of sp³-hybridized carbons (Fsp3) is 0.900. The Kier molecular flexibility index (Phi) is 2.45. The number of carboxylic acid groups (broad SMARTS) is 1. The standard InChI is InChI=1S/C10H18O2/c1-7(9(11)12)8-5-4-6-10(8,2)3/h7-8H,4-6H2,1-3H3,(H,11,12). The SMILES string of the molecule is CC(C(=O)O)C1CCCC1(C)C. The molecule has 0 aliphatic heterocycles. The molecular weight excluding hydrogens is 152 g/mol. The molecule has 12 heavy (non-hydrogen) atoms. The Morgan fingerprint density at radius 2 is 2.17 bits per heavy atom. The fourth-order valence-corrected chi connectivity index (χ4v) is 2.45. The highest BCUT2D eigenvalue weighted by Crippen LogP contribution is 2.46. The van der Waals surface area contributed by atoms with E-state index in [0.29, 0.717) is 5.92 Å². The van der Waals surface area contributed by atoms with E-state index in [1.807, 2.05) is 6.92 Å². The Morgan fingerprint density at radius 3 is 2.50 bits per heavy atom. The predicted molar refractivity (Wildman–Crippen MR) is 47.9 cm³/mol. The number of aliphatic carboxylic acids is 1. The first kappa shape index (κ1) is 9.56. The zero-order chi connectivity index (χ0) is 9.35. The van der Waals surface area contributed by atoms with E-state index >= 15 is 0 Å². The Labute approximate surface area is 74.0 Å². The van der Waals surface area contributed by atoms with Gasteiger partial charge in [0.15, 0.2) is 0 Å². The molecule has 0 aromatic heterocycles. The van der Waals surface area contributed by atoms with Crippen molar-refractivity contribution in [1.29, 1.82) is 0 Å². The molecular formula is C10H18O2. The van der Waals surface area contributed by atoms with E-state index in [1.165, 1.54) is 12.8 Å². The lowest BCUT2D eigenvalue weighted by atomic mass is 9.75. The highest BCUT2D eigenvalue weighted by molar-refractivity contribution is 5.70. The molecule has 1 N–H and O–H groups in total. The molecule has 70 valence electrons.